The van der Waals surface area contributed by atoms with Gasteiger partial charge in [-0.25, -0.2) is 0 Å². The maximum atomic E-state index is 11.5. The van der Waals surface area contributed by atoms with Crippen molar-refractivity contribution in [2.75, 3.05) is 0 Å². The van der Waals surface area contributed by atoms with E-state index >= 15 is 0 Å². The SMILES string of the molecule is C=C(C)C(=O)CC[C@H](C)c1ccc(C)cc1O. The van der Waals surface area contributed by atoms with Crippen molar-refractivity contribution in [3.63, 3.8) is 0 Å². The molecule has 0 saturated heterocycles. The van der Waals surface area contributed by atoms with E-state index in [0.29, 0.717) is 17.7 Å². The number of allylic oxidation sites excluding steroid dienone is 1. The molecule has 0 radical (unpaired) electrons. The van der Waals surface area contributed by atoms with Crippen LogP contribution in [0.5, 0.6) is 5.75 Å². The van der Waals surface area contributed by atoms with E-state index in [4.69, 9.17) is 0 Å². The summed E-state index contributed by atoms with van der Waals surface area (Å²) in [5, 5.41) is 9.83. The minimum absolute atomic E-state index is 0.100. The second kappa shape index (κ2) is 5.67. The van der Waals surface area contributed by atoms with Crippen molar-refractivity contribution in [2.45, 2.75) is 39.5 Å². The van der Waals surface area contributed by atoms with Gasteiger partial charge >= 0.3 is 0 Å². The number of benzene rings is 1. The summed E-state index contributed by atoms with van der Waals surface area (Å²) >= 11 is 0. The molecule has 1 rings (SSSR count). The molecule has 0 amide bonds. The van der Waals surface area contributed by atoms with Crippen LogP contribution in [-0.4, -0.2) is 10.9 Å². The van der Waals surface area contributed by atoms with Crippen LogP contribution in [0, 0.1) is 6.92 Å². The van der Waals surface area contributed by atoms with Crippen molar-refractivity contribution in [3.8, 4) is 5.75 Å². The van der Waals surface area contributed by atoms with Crippen LogP contribution in [0.15, 0.2) is 30.4 Å². The number of aryl methyl sites for hydroxylation is 1. The Hall–Kier alpha value is -1.57. The molecule has 0 aromatic heterocycles. The van der Waals surface area contributed by atoms with E-state index in [-0.39, 0.29) is 11.7 Å². The average Bonchev–Trinajstić information content (AvgIpc) is 2.25. The molecule has 0 bridgehead atoms. The Labute approximate surface area is 103 Å². The lowest BCUT2D eigenvalue weighted by atomic mass is 9.93. The molecule has 1 aromatic carbocycles. The van der Waals surface area contributed by atoms with Crippen LogP contribution in [0.25, 0.3) is 0 Å². The summed E-state index contributed by atoms with van der Waals surface area (Å²) in [7, 11) is 0. The van der Waals surface area contributed by atoms with Gasteiger partial charge in [0.25, 0.3) is 0 Å². The summed E-state index contributed by atoms with van der Waals surface area (Å²) in [6.07, 6.45) is 1.23. The molecular weight excluding hydrogens is 212 g/mol. The largest absolute Gasteiger partial charge is 0.508 e. The molecule has 2 heteroatoms. The van der Waals surface area contributed by atoms with E-state index in [1.165, 1.54) is 0 Å². The van der Waals surface area contributed by atoms with E-state index in [0.717, 1.165) is 17.5 Å². The van der Waals surface area contributed by atoms with Gasteiger partial charge in [-0.1, -0.05) is 25.6 Å². The third-order valence-corrected chi connectivity index (χ3v) is 3.00. The van der Waals surface area contributed by atoms with Crippen molar-refractivity contribution in [1.29, 1.82) is 0 Å². The number of Topliss-reactive ketones (excluding diaryl/α,β-unsaturated/α-hetero) is 1. The monoisotopic (exact) mass is 232 g/mol. The quantitative estimate of drug-likeness (QED) is 0.785. The minimum atomic E-state index is 0.100. The van der Waals surface area contributed by atoms with Crippen LogP contribution in [0.2, 0.25) is 0 Å². The lowest BCUT2D eigenvalue weighted by molar-refractivity contribution is -0.115. The standard InChI is InChI=1S/C15H20O2/c1-10(2)14(16)8-6-12(4)13-7-5-11(3)9-15(13)17/h5,7,9,12,17H,1,6,8H2,2-4H3/t12-/m0/s1. The van der Waals surface area contributed by atoms with Gasteiger partial charge < -0.3 is 5.11 Å². The van der Waals surface area contributed by atoms with Crippen LogP contribution in [0.3, 0.4) is 0 Å². The lowest BCUT2D eigenvalue weighted by Crippen LogP contribution is -2.02. The molecule has 0 saturated carbocycles. The van der Waals surface area contributed by atoms with Gasteiger partial charge in [0.05, 0.1) is 0 Å². The first kappa shape index (κ1) is 13.5. The van der Waals surface area contributed by atoms with E-state index in [2.05, 4.69) is 6.58 Å². The van der Waals surface area contributed by atoms with Gasteiger partial charge in [0.15, 0.2) is 5.78 Å². The van der Waals surface area contributed by atoms with Crippen molar-refractivity contribution in [1.82, 2.24) is 0 Å². The predicted molar refractivity (Wildman–Crippen MR) is 70.3 cm³/mol. The Morgan fingerprint density at radius 1 is 1.47 bits per heavy atom. The highest BCUT2D eigenvalue weighted by Gasteiger charge is 2.12. The fraction of sp³-hybridized carbons (Fsp3) is 0.400. The zero-order valence-electron chi connectivity index (χ0n) is 10.8. The Morgan fingerprint density at radius 3 is 2.65 bits per heavy atom. The summed E-state index contributed by atoms with van der Waals surface area (Å²) in [6, 6.07) is 5.67. The van der Waals surface area contributed by atoms with Crippen molar-refractivity contribution >= 4 is 5.78 Å². The first-order chi connectivity index (χ1) is 7.91. The predicted octanol–water partition coefficient (Wildman–Crippen LogP) is 3.73. The fourth-order valence-corrected chi connectivity index (χ4v) is 1.79. The van der Waals surface area contributed by atoms with Gasteiger partial charge in [0.2, 0.25) is 0 Å². The highest BCUT2D eigenvalue weighted by atomic mass is 16.3. The number of rotatable bonds is 5. The van der Waals surface area contributed by atoms with Crippen LogP contribution < -0.4 is 0 Å². The Balaban J connectivity index is 2.67. The number of ketones is 1. The number of hydrogen-bond acceptors (Lipinski definition) is 2. The zero-order chi connectivity index (χ0) is 13.0. The normalized spacial score (nSPS) is 12.2. The molecule has 1 aromatic rings. The number of carbonyl (C=O) groups is 1. The topological polar surface area (TPSA) is 37.3 Å². The molecule has 0 heterocycles. The maximum absolute atomic E-state index is 11.5. The molecule has 92 valence electrons. The van der Waals surface area contributed by atoms with Crippen LogP contribution in [-0.2, 0) is 4.79 Å². The molecule has 2 nitrogen and oxygen atoms in total. The number of hydrogen-bond donors (Lipinski definition) is 1. The number of phenols is 1. The van der Waals surface area contributed by atoms with Gasteiger partial charge in [0, 0.05) is 6.42 Å². The van der Waals surface area contributed by atoms with Crippen LogP contribution in [0.1, 0.15) is 43.7 Å². The van der Waals surface area contributed by atoms with Crippen molar-refractivity contribution < 1.29 is 9.90 Å². The molecule has 1 atom stereocenters. The molecule has 17 heavy (non-hydrogen) atoms. The summed E-state index contributed by atoms with van der Waals surface area (Å²) in [5.41, 5.74) is 2.55. The third kappa shape index (κ3) is 3.74. The summed E-state index contributed by atoms with van der Waals surface area (Å²) in [5.74, 6) is 0.600. The molecule has 0 fully saturated rings. The Morgan fingerprint density at radius 2 is 2.12 bits per heavy atom. The van der Waals surface area contributed by atoms with Crippen LogP contribution >= 0.6 is 0 Å². The first-order valence-electron chi connectivity index (χ1n) is 5.90. The molecular formula is C15H20O2. The highest BCUT2D eigenvalue weighted by molar-refractivity contribution is 5.94. The number of carbonyl (C=O) groups excluding carboxylic acids is 1. The van der Waals surface area contributed by atoms with Gasteiger partial charge in [-0.05, 0) is 49.0 Å². The van der Waals surface area contributed by atoms with E-state index < -0.39 is 0 Å². The Bertz CT molecular complexity index is 433. The minimum Gasteiger partial charge on any atom is -0.508 e. The molecule has 0 aliphatic carbocycles. The zero-order valence-corrected chi connectivity index (χ0v) is 10.8. The molecule has 1 N–H and O–H groups in total. The summed E-state index contributed by atoms with van der Waals surface area (Å²) in [4.78, 5) is 11.5. The van der Waals surface area contributed by atoms with Gasteiger partial charge in [-0.2, -0.15) is 0 Å². The van der Waals surface area contributed by atoms with Crippen LogP contribution in [0.4, 0.5) is 0 Å². The second-order valence-electron chi connectivity index (χ2n) is 4.71. The fourth-order valence-electron chi connectivity index (χ4n) is 1.79. The first-order valence-corrected chi connectivity index (χ1v) is 5.90. The number of phenolic OH excluding ortho intramolecular Hbond substituents is 1. The highest BCUT2D eigenvalue weighted by Crippen LogP contribution is 2.29. The van der Waals surface area contributed by atoms with E-state index in [1.54, 1.807) is 13.0 Å². The van der Waals surface area contributed by atoms with Crippen molar-refractivity contribution in [3.05, 3.63) is 41.5 Å². The lowest BCUT2D eigenvalue weighted by Gasteiger charge is -2.13. The molecule has 0 unspecified atom stereocenters. The van der Waals surface area contributed by atoms with Gasteiger partial charge in [-0.15, -0.1) is 0 Å². The van der Waals surface area contributed by atoms with Gasteiger partial charge in [-0.3, -0.25) is 4.79 Å². The van der Waals surface area contributed by atoms with Gasteiger partial charge in [0.1, 0.15) is 5.75 Å². The summed E-state index contributed by atoms with van der Waals surface area (Å²) < 4.78 is 0. The molecule has 0 aliphatic rings. The van der Waals surface area contributed by atoms with E-state index in [9.17, 15) is 9.90 Å². The van der Waals surface area contributed by atoms with E-state index in [1.807, 2.05) is 26.0 Å². The maximum Gasteiger partial charge on any atom is 0.158 e. The third-order valence-electron chi connectivity index (χ3n) is 3.00. The summed E-state index contributed by atoms with van der Waals surface area (Å²) in [6.45, 7) is 9.34. The Kier molecular flexibility index (Phi) is 4.50. The smallest absolute Gasteiger partial charge is 0.158 e. The molecule has 0 spiro atoms. The average molecular weight is 232 g/mol. The molecule has 0 aliphatic heterocycles. The number of aromatic hydroxyl groups is 1. The van der Waals surface area contributed by atoms with Crippen molar-refractivity contribution in [2.24, 2.45) is 0 Å². The second-order valence-corrected chi connectivity index (χ2v) is 4.71.